The SMILES string of the molecule is CO.CO.[2H]C(C)(C)c1ccnc(-c2[c-]ccc3c2oc2cc(C(C)(C)C)ccc23)c1.[Ir]. The van der Waals surface area contributed by atoms with Crippen molar-refractivity contribution in [3.05, 3.63) is 65.9 Å². The van der Waals surface area contributed by atoms with Crippen LogP contribution in [0.1, 0.15) is 53.0 Å². The number of nitrogens with zero attached hydrogens (tertiary/aromatic N) is 1. The van der Waals surface area contributed by atoms with Crippen molar-refractivity contribution in [1.82, 2.24) is 4.98 Å². The summed E-state index contributed by atoms with van der Waals surface area (Å²) in [5, 5.41) is 16.2. The first kappa shape index (κ1) is 25.2. The Morgan fingerprint density at radius 1 is 1.00 bits per heavy atom. The summed E-state index contributed by atoms with van der Waals surface area (Å²) in [6, 6.07) is 17.6. The van der Waals surface area contributed by atoms with Gasteiger partial charge in [-0.25, -0.2) is 0 Å². The molecule has 2 aromatic heterocycles. The van der Waals surface area contributed by atoms with Gasteiger partial charge in [0, 0.05) is 47.3 Å². The van der Waals surface area contributed by atoms with Gasteiger partial charge in [0.1, 0.15) is 5.58 Å². The number of furan rings is 1. The van der Waals surface area contributed by atoms with Crippen molar-refractivity contribution < 1.29 is 36.1 Å². The van der Waals surface area contributed by atoms with Crippen LogP contribution in [0.4, 0.5) is 0 Å². The van der Waals surface area contributed by atoms with E-state index in [0.717, 1.165) is 53.0 Å². The summed E-state index contributed by atoms with van der Waals surface area (Å²) in [6.07, 6.45) is 1.76. The molecule has 0 fully saturated rings. The van der Waals surface area contributed by atoms with E-state index in [2.05, 4.69) is 50.0 Å². The van der Waals surface area contributed by atoms with E-state index in [4.69, 9.17) is 16.0 Å². The van der Waals surface area contributed by atoms with Crippen LogP contribution >= 0.6 is 0 Å². The smallest absolute Gasteiger partial charge is 0.121 e. The quantitative estimate of drug-likeness (QED) is 0.274. The minimum Gasteiger partial charge on any atom is -0.501 e. The van der Waals surface area contributed by atoms with E-state index in [1.54, 1.807) is 6.20 Å². The molecule has 2 N–H and O–H groups in total. The van der Waals surface area contributed by atoms with Crippen LogP contribution in [-0.2, 0) is 25.5 Å². The van der Waals surface area contributed by atoms with Gasteiger partial charge in [-0.05, 0) is 34.7 Å². The van der Waals surface area contributed by atoms with Gasteiger partial charge in [-0.15, -0.1) is 18.2 Å². The van der Waals surface area contributed by atoms with Crippen molar-refractivity contribution in [1.29, 1.82) is 0 Å². The number of hydrogen-bond donors (Lipinski definition) is 2. The maximum Gasteiger partial charge on any atom is 0.121 e. The Bertz CT molecular complexity index is 1160. The summed E-state index contributed by atoms with van der Waals surface area (Å²) in [4.78, 5) is 4.53. The van der Waals surface area contributed by atoms with Crippen LogP contribution < -0.4 is 0 Å². The molecule has 0 aliphatic heterocycles. The Kier molecular flexibility index (Phi) is 9.39. The van der Waals surface area contributed by atoms with Crippen molar-refractivity contribution >= 4 is 21.9 Å². The molecule has 4 aromatic rings. The Labute approximate surface area is 200 Å². The zero-order valence-electron chi connectivity index (χ0n) is 20.2. The minimum absolute atomic E-state index is 0. The van der Waals surface area contributed by atoms with Crippen LogP contribution in [-0.4, -0.2) is 29.4 Å². The number of pyridine rings is 1. The first-order valence-corrected chi connectivity index (χ1v) is 9.88. The third kappa shape index (κ3) is 5.81. The fourth-order valence-corrected chi connectivity index (χ4v) is 3.28. The minimum atomic E-state index is -0.679. The normalized spacial score (nSPS) is 11.6. The summed E-state index contributed by atoms with van der Waals surface area (Å²) in [6.45, 7) is 10.4. The van der Waals surface area contributed by atoms with Crippen LogP contribution in [0.25, 0.3) is 33.2 Å². The van der Waals surface area contributed by atoms with Crippen LogP contribution in [0.3, 0.4) is 0 Å². The van der Waals surface area contributed by atoms with Crippen LogP contribution in [0.5, 0.6) is 0 Å². The van der Waals surface area contributed by atoms with Crippen molar-refractivity contribution in [3.8, 4) is 11.3 Å². The monoisotopic (exact) mass is 600 g/mol. The van der Waals surface area contributed by atoms with E-state index >= 15 is 0 Å². The first-order chi connectivity index (χ1) is 14.6. The molecule has 4 nitrogen and oxygen atoms in total. The molecular weight excluding hydrogens is 567 g/mol. The predicted octanol–water partition coefficient (Wildman–Crippen LogP) is 6.08. The van der Waals surface area contributed by atoms with E-state index in [9.17, 15) is 0 Å². The van der Waals surface area contributed by atoms with Gasteiger partial charge < -0.3 is 19.6 Å². The van der Waals surface area contributed by atoms with Gasteiger partial charge in [-0.3, -0.25) is 0 Å². The second kappa shape index (κ2) is 11.5. The molecular formula is C26H32IrNO3-. The molecule has 0 amide bonds. The van der Waals surface area contributed by atoms with Crippen molar-refractivity contribution in [2.75, 3.05) is 14.2 Å². The molecule has 4 rings (SSSR count). The standard InChI is InChI=1S/C24H24NO.2CH4O.Ir/c1-15(2)16-11-12-25-21(13-16)20-8-6-7-19-18-10-9-17(24(3,4)5)14-22(18)26-23(19)20;2*1-2;/h6-7,9-15H,1-5H3;2*2H,1H3;/q-1;;;/i15D;;;. The van der Waals surface area contributed by atoms with Gasteiger partial charge in [0.05, 0.1) is 5.58 Å². The van der Waals surface area contributed by atoms with E-state index in [1.807, 2.05) is 38.1 Å². The van der Waals surface area contributed by atoms with Gasteiger partial charge in [0.2, 0.25) is 0 Å². The zero-order valence-corrected chi connectivity index (χ0v) is 21.6. The molecule has 169 valence electrons. The molecule has 0 aliphatic rings. The predicted molar refractivity (Wildman–Crippen MR) is 125 cm³/mol. The Hall–Kier alpha value is -2.04. The second-order valence-corrected chi connectivity index (χ2v) is 8.09. The van der Waals surface area contributed by atoms with Gasteiger partial charge in [0.15, 0.2) is 0 Å². The number of aliphatic hydroxyl groups excluding tert-OH is 2. The average molecular weight is 600 g/mol. The molecule has 2 aromatic carbocycles. The van der Waals surface area contributed by atoms with Crippen LogP contribution in [0, 0.1) is 6.07 Å². The van der Waals surface area contributed by atoms with E-state index < -0.39 is 5.89 Å². The molecule has 0 saturated carbocycles. The van der Waals surface area contributed by atoms with Gasteiger partial charge in [0.25, 0.3) is 0 Å². The van der Waals surface area contributed by atoms with Crippen molar-refractivity contribution in [2.45, 2.75) is 45.9 Å². The number of rotatable bonds is 2. The second-order valence-electron chi connectivity index (χ2n) is 8.09. The summed E-state index contributed by atoms with van der Waals surface area (Å²) >= 11 is 0. The molecule has 5 heteroatoms. The van der Waals surface area contributed by atoms with Crippen molar-refractivity contribution in [2.24, 2.45) is 0 Å². The molecule has 0 saturated heterocycles. The zero-order chi connectivity index (χ0) is 23.4. The van der Waals surface area contributed by atoms with E-state index in [0.29, 0.717) is 0 Å². The number of benzene rings is 2. The number of hydrogen-bond acceptors (Lipinski definition) is 4. The maximum atomic E-state index is 8.30. The summed E-state index contributed by atoms with van der Waals surface area (Å²) in [7, 11) is 2.00. The van der Waals surface area contributed by atoms with E-state index in [1.165, 1.54) is 5.56 Å². The molecule has 0 bridgehead atoms. The number of aromatic nitrogens is 1. The molecule has 0 spiro atoms. The third-order valence-corrected chi connectivity index (χ3v) is 4.89. The topological polar surface area (TPSA) is 66.5 Å². The molecule has 31 heavy (non-hydrogen) atoms. The van der Waals surface area contributed by atoms with Crippen molar-refractivity contribution in [3.63, 3.8) is 0 Å². The molecule has 0 aliphatic carbocycles. The van der Waals surface area contributed by atoms with Gasteiger partial charge in [-0.2, -0.15) is 0 Å². The van der Waals surface area contributed by atoms with Gasteiger partial charge in [-0.1, -0.05) is 69.3 Å². The summed E-state index contributed by atoms with van der Waals surface area (Å²) in [5.74, 6) is -0.679. The number of fused-ring (bicyclic) bond motifs is 3. The number of aliphatic hydroxyl groups is 2. The summed E-state index contributed by atoms with van der Waals surface area (Å²) < 4.78 is 14.6. The Morgan fingerprint density at radius 3 is 2.29 bits per heavy atom. The maximum absolute atomic E-state index is 8.30. The largest absolute Gasteiger partial charge is 0.501 e. The van der Waals surface area contributed by atoms with Gasteiger partial charge >= 0.3 is 0 Å². The van der Waals surface area contributed by atoms with Crippen LogP contribution in [0.2, 0.25) is 0 Å². The summed E-state index contributed by atoms with van der Waals surface area (Å²) in [5.41, 5.74) is 5.54. The Morgan fingerprint density at radius 2 is 1.68 bits per heavy atom. The Balaban J connectivity index is 0.000000971. The van der Waals surface area contributed by atoms with Crippen LogP contribution in [0.15, 0.2) is 53.1 Å². The average Bonchev–Trinajstić information content (AvgIpc) is 3.13. The molecule has 0 atom stereocenters. The van der Waals surface area contributed by atoms with E-state index in [-0.39, 0.29) is 25.5 Å². The fraction of sp³-hybridized carbons (Fsp3) is 0.346. The first-order valence-electron chi connectivity index (χ1n) is 10.4. The fourth-order valence-electron chi connectivity index (χ4n) is 3.28. The molecule has 2 heterocycles. The molecule has 1 radical (unpaired) electrons. The molecule has 0 unspecified atom stereocenters. The third-order valence-electron chi connectivity index (χ3n) is 4.89.